The SMILES string of the molecule is CC(C)C(=O)Nc1ccc(Cl)c(C(=O)N2CCC3CCC(C2)N3)c1.Cl. The molecular weight excluding hydrogens is 361 g/mol. The number of hydrogen-bond acceptors (Lipinski definition) is 3. The number of nitrogens with one attached hydrogen (secondary N) is 2. The smallest absolute Gasteiger partial charge is 0.255 e. The fraction of sp³-hybridized carbons (Fsp3) is 0.556. The quantitative estimate of drug-likeness (QED) is 0.838. The summed E-state index contributed by atoms with van der Waals surface area (Å²) in [7, 11) is 0. The van der Waals surface area contributed by atoms with E-state index in [9.17, 15) is 9.59 Å². The third-order valence-electron chi connectivity index (χ3n) is 4.80. The summed E-state index contributed by atoms with van der Waals surface area (Å²) in [4.78, 5) is 26.7. The highest BCUT2D eigenvalue weighted by Gasteiger charge is 2.32. The van der Waals surface area contributed by atoms with Gasteiger partial charge in [0, 0.05) is 36.8 Å². The van der Waals surface area contributed by atoms with Crippen molar-refractivity contribution in [3.8, 4) is 0 Å². The lowest BCUT2D eigenvalue weighted by Gasteiger charge is -2.25. The Labute approximate surface area is 159 Å². The largest absolute Gasteiger partial charge is 0.337 e. The molecule has 2 unspecified atom stereocenters. The molecule has 0 radical (unpaired) electrons. The average Bonchev–Trinajstić information content (AvgIpc) is 2.87. The van der Waals surface area contributed by atoms with Crippen molar-refractivity contribution < 1.29 is 9.59 Å². The van der Waals surface area contributed by atoms with Gasteiger partial charge in [0.2, 0.25) is 5.91 Å². The molecule has 0 spiro atoms. The summed E-state index contributed by atoms with van der Waals surface area (Å²) >= 11 is 6.25. The molecule has 7 heteroatoms. The number of anilines is 1. The standard InChI is InChI=1S/C18H24ClN3O2.ClH/c1-11(2)17(23)21-13-5-6-16(19)15(9-13)18(24)22-8-7-12-3-4-14(10-22)20-12;/h5-6,9,11-12,14,20H,3-4,7-8,10H2,1-2H3,(H,21,23);1H. The van der Waals surface area contributed by atoms with Crippen LogP contribution in [0.2, 0.25) is 5.02 Å². The number of benzene rings is 1. The summed E-state index contributed by atoms with van der Waals surface area (Å²) in [5, 5.41) is 6.82. The molecule has 0 aliphatic carbocycles. The van der Waals surface area contributed by atoms with Gasteiger partial charge in [-0.1, -0.05) is 25.4 Å². The summed E-state index contributed by atoms with van der Waals surface area (Å²) in [5.74, 6) is -0.255. The zero-order chi connectivity index (χ0) is 17.3. The van der Waals surface area contributed by atoms with Crippen molar-refractivity contribution in [1.29, 1.82) is 0 Å². The van der Waals surface area contributed by atoms with Gasteiger partial charge in [0.15, 0.2) is 0 Å². The van der Waals surface area contributed by atoms with Gasteiger partial charge in [-0.2, -0.15) is 0 Å². The minimum Gasteiger partial charge on any atom is -0.337 e. The van der Waals surface area contributed by atoms with Gasteiger partial charge in [-0.15, -0.1) is 12.4 Å². The Kier molecular flexibility index (Phi) is 6.72. The van der Waals surface area contributed by atoms with Crippen LogP contribution in [0.5, 0.6) is 0 Å². The van der Waals surface area contributed by atoms with E-state index < -0.39 is 0 Å². The molecule has 2 saturated heterocycles. The van der Waals surface area contributed by atoms with Crippen molar-refractivity contribution in [1.82, 2.24) is 10.2 Å². The van der Waals surface area contributed by atoms with E-state index in [0.29, 0.717) is 34.9 Å². The van der Waals surface area contributed by atoms with Crippen molar-refractivity contribution in [3.63, 3.8) is 0 Å². The van der Waals surface area contributed by atoms with E-state index in [1.165, 1.54) is 6.42 Å². The lowest BCUT2D eigenvalue weighted by Crippen LogP contribution is -2.39. The van der Waals surface area contributed by atoms with Crippen LogP contribution in [-0.4, -0.2) is 41.9 Å². The number of halogens is 2. The second-order valence-corrected chi connectivity index (χ2v) is 7.42. The number of rotatable bonds is 3. The van der Waals surface area contributed by atoms with Crippen LogP contribution in [0.25, 0.3) is 0 Å². The Morgan fingerprint density at radius 2 is 1.96 bits per heavy atom. The first-order valence-electron chi connectivity index (χ1n) is 8.60. The zero-order valence-electron chi connectivity index (χ0n) is 14.5. The molecule has 2 aliphatic rings. The number of carbonyl (C=O) groups is 2. The van der Waals surface area contributed by atoms with Crippen molar-refractivity contribution in [3.05, 3.63) is 28.8 Å². The number of hydrogen-bond donors (Lipinski definition) is 2. The fourth-order valence-electron chi connectivity index (χ4n) is 3.35. The molecule has 2 N–H and O–H groups in total. The van der Waals surface area contributed by atoms with Crippen LogP contribution in [-0.2, 0) is 4.79 Å². The molecule has 2 fully saturated rings. The second-order valence-electron chi connectivity index (χ2n) is 7.02. The second kappa shape index (κ2) is 8.39. The van der Waals surface area contributed by atoms with Crippen LogP contribution in [0.15, 0.2) is 18.2 Å². The van der Waals surface area contributed by atoms with Gasteiger partial charge in [-0.3, -0.25) is 9.59 Å². The first-order valence-corrected chi connectivity index (χ1v) is 8.97. The maximum Gasteiger partial charge on any atom is 0.255 e. The molecule has 2 heterocycles. The summed E-state index contributed by atoms with van der Waals surface area (Å²) < 4.78 is 0. The number of amides is 2. The van der Waals surface area contributed by atoms with E-state index in [1.807, 2.05) is 18.7 Å². The highest BCUT2D eigenvalue weighted by molar-refractivity contribution is 6.34. The molecule has 1 aromatic rings. The zero-order valence-corrected chi connectivity index (χ0v) is 16.1. The number of likely N-dealkylation sites (tertiary alicyclic amines) is 1. The molecular formula is C18H25Cl2N3O2. The van der Waals surface area contributed by atoms with Crippen LogP contribution in [0, 0.1) is 5.92 Å². The molecule has 2 atom stereocenters. The van der Waals surface area contributed by atoms with Crippen molar-refractivity contribution in [2.75, 3.05) is 18.4 Å². The lowest BCUT2D eigenvalue weighted by atomic mass is 10.1. The first kappa shape index (κ1) is 20.0. The fourth-order valence-corrected chi connectivity index (χ4v) is 3.55. The number of fused-ring (bicyclic) bond motifs is 2. The first-order chi connectivity index (χ1) is 11.4. The van der Waals surface area contributed by atoms with Gasteiger partial charge in [-0.05, 0) is 37.5 Å². The van der Waals surface area contributed by atoms with E-state index in [0.717, 1.165) is 19.4 Å². The van der Waals surface area contributed by atoms with E-state index in [-0.39, 0.29) is 30.1 Å². The summed E-state index contributed by atoms with van der Waals surface area (Å²) in [6.07, 6.45) is 3.29. The third-order valence-corrected chi connectivity index (χ3v) is 5.13. The van der Waals surface area contributed by atoms with Gasteiger partial charge in [-0.25, -0.2) is 0 Å². The Morgan fingerprint density at radius 1 is 1.24 bits per heavy atom. The van der Waals surface area contributed by atoms with Crippen molar-refractivity contribution >= 4 is 41.5 Å². The molecule has 5 nitrogen and oxygen atoms in total. The molecule has 0 aromatic heterocycles. The van der Waals surface area contributed by atoms with Gasteiger partial charge in [0.25, 0.3) is 5.91 Å². The van der Waals surface area contributed by atoms with Crippen LogP contribution in [0.3, 0.4) is 0 Å². The minimum absolute atomic E-state index is 0. The Hall–Kier alpha value is -1.30. The molecule has 25 heavy (non-hydrogen) atoms. The Balaban J connectivity index is 0.00000225. The van der Waals surface area contributed by atoms with E-state index in [4.69, 9.17) is 11.6 Å². The average molecular weight is 386 g/mol. The van der Waals surface area contributed by atoms with Crippen LogP contribution in [0.1, 0.15) is 43.5 Å². The predicted molar refractivity (Wildman–Crippen MR) is 103 cm³/mol. The van der Waals surface area contributed by atoms with E-state index in [1.54, 1.807) is 18.2 Å². The molecule has 1 aromatic carbocycles. The molecule has 3 rings (SSSR count). The van der Waals surface area contributed by atoms with Gasteiger partial charge in [0.1, 0.15) is 0 Å². The monoisotopic (exact) mass is 385 g/mol. The van der Waals surface area contributed by atoms with Crippen molar-refractivity contribution in [2.45, 2.75) is 45.2 Å². The molecule has 138 valence electrons. The summed E-state index contributed by atoms with van der Waals surface area (Å²) in [6.45, 7) is 5.12. The van der Waals surface area contributed by atoms with E-state index in [2.05, 4.69) is 10.6 Å². The highest BCUT2D eigenvalue weighted by Crippen LogP contribution is 2.26. The van der Waals surface area contributed by atoms with Crippen LogP contribution < -0.4 is 10.6 Å². The predicted octanol–water partition coefficient (Wildman–Crippen LogP) is 3.32. The van der Waals surface area contributed by atoms with Crippen LogP contribution in [0.4, 0.5) is 5.69 Å². The van der Waals surface area contributed by atoms with Gasteiger partial charge >= 0.3 is 0 Å². The topological polar surface area (TPSA) is 61.4 Å². The van der Waals surface area contributed by atoms with E-state index >= 15 is 0 Å². The Morgan fingerprint density at radius 3 is 2.68 bits per heavy atom. The van der Waals surface area contributed by atoms with Gasteiger partial charge < -0.3 is 15.5 Å². The van der Waals surface area contributed by atoms with Gasteiger partial charge in [0.05, 0.1) is 10.6 Å². The number of nitrogens with zero attached hydrogens (tertiary/aromatic N) is 1. The summed E-state index contributed by atoms with van der Waals surface area (Å²) in [5.41, 5.74) is 1.06. The highest BCUT2D eigenvalue weighted by atomic mass is 35.5. The molecule has 2 bridgehead atoms. The lowest BCUT2D eigenvalue weighted by molar-refractivity contribution is -0.118. The molecule has 0 saturated carbocycles. The van der Waals surface area contributed by atoms with Crippen LogP contribution >= 0.6 is 24.0 Å². The maximum atomic E-state index is 12.9. The van der Waals surface area contributed by atoms with Crippen molar-refractivity contribution in [2.24, 2.45) is 5.92 Å². The molecule has 2 amide bonds. The minimum atomic E-state index is -0.118. The Bertz CT molecular complexity index is 651. The molecule has 2 aliphatic heterocycles. The number of carbonyl (C=O) groups excluding carboxylic acids is 2. The summed E-state index contributed by atoms with van der Waals surface area (Å²) in [6, 6.07) is 5.99. The normalized spacial score (nSPS) is 22.3. The maximum absolute atomic E-state index is 12.9. The third kappa shape index (κ3) is 4.66.